The van der Waals surface area contributed by atoms with Crippen LogP contribution in [0.25, 0.3) is 0 Å². The van der Waals surface area contributed by atoms with Crippen LogP contribution in [0.4, 0.5) is 14.5 Å². The first-order chi connectivity index (χ1) is 7.99. The number of carbonyl (C=O) groups is 1. The average Bonchev–Trinajstić information content (AvgIpc) is 2.30. The number of pyridine rings is 1. The summed E-state index contributed by atoms with van der Waals surface area (Å²) in [5.41, 5.74) is 5.47. The number of halogens is 3. The fourth-order valence-electron chi connectivity index (χ4n) is 1.27. The maximum Gasteiger partial charge on any atom is 0.311 e. The third-order valence-electron chi connectivity index (χ3n) is 2.15. The van der Waals surface area contributed by atoms with E-state index in [4.69, 9.17) is 17.3 Å². The third kappa shape index (κ3) is 3.26. The van der Waals surface area contributed by atoms with Gasteiger partial charge >= 0.3 is 5.97 Å². The lowest BCUT2D eigenvalue weighted by molar-refractivity contribution is -0.139. The average molecular weight is 265 g/mol. The topological polar surface area (TPSA) is 65.2 Å². The summed E-state index contributed by atoms with van der Waals surface area (Å²) in [5, 5.41) is 0. The quantitative estimate of drug-likeness (QED) is 0.668. The Bertz CT molecular complexity index is 427. The van der Waals surface area contributed by atoms with Crippen LogP contribution in [0.1, 0.15) is 23.4 Å². The summed E-state index contributed by atoms with van der Waals surface area (Å²) in [5.74, 6) is -0.719. The van der Waals surface area contributed by atoms with Crippen molar-refractivity contribution in [2.24, 2.45) is 0 Å². The number of ether oxygens (including phenoxy) is 1. The summed E-state index contributed by atoms with van der Waals surface area (Å²) in [6, 6.07) is 1.09. The minimum atomic E-state index is -2.70. The SMILES string of the molecule is COC(=O)Cc1nc(CCl)c(C(F)F)cc1N. The third-order valence-corrected chi connectivity index (χ3v) is 2.40. The van der Waals surface area contributed by atoms with Crippen molar-refractivity contribution in [1.29, 1.82) is 0 Å². The summed E-state index contributed by atoms with van der Waals surface area (Å²) in [4.78, 5) is 14.9. The Morgan fingerprint density at radius 3 is 2.71 bits per heavy atom. The fourth-order valence-corrected chi connectivity index (χ4v) is 1.49. The van der Waals surface area contributed by atoms with Gasteiger partial charge in [-0.3, -0.25) is 9.78 Å². The van der Waals surface area contributed by atoms with Gasteiger partial charge in [0.2, 0.25) is 0 Å². The Balaban J connectivity index is 3.13. The van der Waals surface area contributed by atoms with E-state index in [0.29, 0.717) is 0 Å². The number of methoxy groups -OCH3 is 1. The second kappa shape index (κ2) is 5.77. The van der Waals surface area contributed by atoms with Gasteiger partial charge in [0.1, 0.15) is 0 Å². The van der Waals surface area contributed by atoms with Crippen molar-refractivity contribution in [2.45, 2.75) is 18.7 Å². The molecule has 2 N–H and O–H groups in total. The van der Waals surface area contributed by atoms with E-state index in [1.54, 1.807) is 0 Å². The molecule has 0 amide bonds. The standard InChI is InChI=1S/C10H11ClF2N2O2/c1-17-9(16)3-7-6(14)2-5(10(12)13)8(4-11)15-7/h2,10H,3-4,14H2,1H3. The molecule has 0 fully saturated rings. The lowest BCUT2D eigenvalue weighted by atomic mass is 10.1. The molecule has 94 valence electrons. The minimum absolute atomic E-state index is 0.0229. The van der Waals surface area contributed by atoms with Crippen molar-refractivity contribution in [1.82, 2.24) is 4.98 Å². The molecule has 0 unspecified atom stereocenters. The van der Waals surface area contributed by atoms with Gasteiger partial charge in [0.05, 0.1) is 36.5 Å². The minimum Gasteiger partial charge on any atom is -0.469 e. The molecule has 0 radical (unpaired) electrons. The number of aromatic nitrogens is 1. The number of anilines is 1. The molecular weight excluding hydrogens is 254 g/mol. The van der Waals surface area contributed by atoms with E-state index in [2.05, 4.69) is 9.72 Å². The molecule has 1 heterocycles. The van der Waals surface area contributed by atoms with Gasteiger partial charge < -0.3 is 10.5 Å². The molecule has 1 aromatic heterocycles. The lowest BCUT2D eigenvalue weighted by Gasteiger charge is -2.10. The van der Waals surface area contributed by atoms with Gasteiger partial charge in [-0.2, -0.15) is 0 Å². The van der Waals surface area contributed by atoms with Gasteiger partial charge in [-0.15, -0.1) is 11.6 Å². The number of esters is 1. The molecule has 1 aromatic rings. The molecular formula is C10H11ClF2N2O2. The molecule has 0 atom stereocenters. The molecule has 17 heavy (non-hydrogen) atoms. The number of alkyl halides is 3. The largest absolute Gasteiger partial charge is 0.469 e. The number of hydrogen-bond donors (Lipinski definition) is 1. The van der Waals surface area contributed by atoms with Gasteiger partial charge in [0.25, 0.3) is 6.43 Å². The Hall–Kier alpha value is -1.43. The van der Waals surface area contributed by atoms with Gasteiger partial charge in [0.15, 0.2) is 0 Å². The second-order valence-electron chi connectivity index (χ2n) is 3.25. The van der Waals surface area contributed by atoms with Crippen molar-refractivity contribution in [3.8, 4) is 0 Å². The predicted octanol–water partition coefficient (Wildman–Crippen LogP) is 2.06. The van der Waals surface area contributed by atoms with Crippen LogP contribution in [0.5, 0.6) is 0 Å². The fraction of sp³-hybridized carbons (Fsp3) is 0.400. The van der Waals surface area contributed by atoms with Crippen LogP contribution in [0, 0.1) is 0 Å². The molecule has 0 bridgehead atoms. The number of carbonyl (C=O) groups excluding carboxylic acids is 1. The molecule has 0 aromatic carbocycles. The molecule has 4 nitrogen and oxygen atoms in total. The maximum atomic E-state index is 12.6. The van der Waals surface area contributed by atoms with Crippen molar-refractivity contribution < 1.29 is 18.3 Å². The number of nitrogens with two attached hydrogens (primary N) is 1. The van der Waals surface area contributed by atoms with Crippen molar-refractivity contribution in [3.05, 3.63) is 23.0 Å². The highest BCUT2D eigenvalue weighted by atomic mass is 35.5. The summed E-state index contributed by atoms with van der Waals surface area (Å²) in [6.45, 7) is 0. The van der Waals surface area contributed by atoms with E-state index < -0.39 is 12.4 Å². The Kier molecular flexibility index (Phi) is 4.62. The van der Waals surface area contributed by atoms with E-state index in [1.807, 2.05) is 0 Å². The zero-order valence-corrected chi connectivity index (χ0v) is 9.80. The molecule has 0 saturated heterocycles. The molecule has 0 spiro atoms. The van der Waals surface area contributed by atoms with E-state index in [9.17, 15) is 13.6 Å². The van der Waals surface area contributed by atoms with Crippen LogP contribution in [0.3, 0.4) is 0 Å². The zero-order chi connectivity index (χ0) is 13.0. The predicted molar refractivity (Wildman–Crippen MR) is 58.9 cm³/mol. The van der Waals surface area contributed by atoms with Crippen molar-refractivity contribution >= 4 is 23.3 Å². The zero-order valence-electron chi connectivity index (χ0n) is 9.04. The number of hydrogen-bond acceptors (Lipinski definition) is 4. The molecule has 0 aliphatic heterocycles. The summed E-state index contributed by atoms with van der Waals surface area (Å²) in [6.07, 6.45) is -2.87. The molecule has 7 heteroatoms. The Morgan fingerprint density at radius 2 is 2.24 bits per heavy atom. The number of nitrogen functional groups attached to an aromatic ring is 1. The van der Waals surface area contributed by atoms with Crippen LogP contribution in [-0.4, -0.2) is 18.1 Å². The summed E-state index contributed by atoms with van der Waals surface area (Å²) < 4.78 is 29.7. The van der Waals surface area contributed by atoms with Crippen molar-refractivity contribution in [2.75, 3.05) is 12.8 Å². The van der Waals surface area contributed by atoms with Gasteiger partial charge in [-0.1, -0.05) is 0 Å². The van der Waals surface area contributed by atoms with Crippen LogP contribution in [0.15, 0.2) is 6.07 Å². The van der Waals surface area contributed by atoms with E-state index in [0.717, 1.165) is 6.07 Å². The first-order valence-electron chi connectivity index (χ1n) is 4.68. The highest BCUT2D eigenvalue weighted by molar-refractivity contribution is 6.17. The lowest BCUT2D eigenvalue weighted by Crippen LogP contribution is -2.11. The van der Waals surface area contributed by atoms with Crippen LogP contribution >= 0.6 is 11.6 Å². The molecule has 0 saturated carbocycles. The van der Waals surface area contributed by atoms with Gasteiger partial charge in [-0.05, 0) is 6.07 Å². The highest BCUT2D eigenvalue weighted by Gasteiger charge is 2.18. The second-order valence-corrected chi connectivity index (χ2v) is 3.51. The normalized spacial score (nSPS) is 10.6. The number of rotatable bonds is 4. The highest BCUT2D eigenvalue weighted by Crippen LogP contribution is 2.26. The molecule has 1 rings (SSSR count). The first-order valence-corrected chi connectivity index (χ1v) is 5.22. The molecule has 0 aliphatic rings. The van der Waals surface area contributed by atoms with Gasteiger partial charge in [0, 0.05) is 5.56 Å². The van der Waals surface area contributed by atoms with E-state index >= 15 is 0 Å². The smallest absolute Gasteiger partial charge is 0.311 e. The Morgan fingerprint density at radius 1 is 1.59 bits per heavy atom. The van der Waals surface area contributed by atoms with Crippen LogP contribution in [-0.2, 0) is 21.8 Å². The molecule has 0 aliphatic carbocycles. The maximum absolute atomic E-state index is 12.6. The van der Waals surface area contributed by atoms with Crippen LogP contribution < -0.4 is 5.73 Å². The van der Waals surface area contributed by atoms with E-state index in [-0.39, 0.29) is 34.9 Å². The first kappa shape index (κ1) is 13.6. The number of nitrogens with zero attached hydrogens (tertiary/aromatic N) is 1. The van der Waals surface area contributed by atoms with E-state index in [1.165, 1.54) is 7.11 Å². The van der Waals surface area contributed by atoms with Gasteiger partial charge in [-0.25, -0.2) is 8.78 Å². The summed E-state index contributed by atoms with van der Waals surface area (Å²) in [7, 11) is 1.22. The van der Waals surface area contributed by atoms with Crippen LogP contribution in [0.2, 0.25) is 0 Å². The van der Waals surface area contributed by atoms with Crippen molar-refractivity contribution in [3.63, 3.8) is 0 Å². The monoisotopic (exact) mass is 264 g/mol. The Labute approximate surface area is 102 Å². The summed E-state index contributed by atoms with van der Waals surface area (Å²) >= 11 is 5.52.